The van der Waals surface area contributed by atoms with Gasteiger partial charge in [0.1, 0.15) is 18.4 Å². The van der Waals surface area contributed by atoms with Crippen molar-refractivity contribution in [3.63, 3.8) is 0 Å². The summed E-state index contributed by atoms with van der Waals surface area (Å²) in [6.07, 6.45) is 3.84. The van der Waals surface area contributed by atoms with Crippen molar-refractivity contribution in [3.05, 3.63) is 102 Å². The smallest absolute Gasteiger partial charge is 0.194 e. The molecule has 0 bridgehead atoms. The number of fused-ring (bicyclic) bond motifs is 1. The lowest BCUT2D eigenvalue weighted by Gasteiger charge is -2.29. The summed E-state index contributed by atoms with van der Waals surface area (Å²) in [6, 6.07) is 23.6. The molecule has 0 spiro atoms. The highest BCUT2D eigenvalue weighted by Crippen LogP contribution is 2.44. The number of hydrogen-bond acceptors (Lipinski definition) is 6. The molecule has 7 nitrogen and oxygen atoms in total. The monoisotopic (exact) mass is 561 g/mol. The van der Waals surface area contributed by atoms with Crippen LogP contribution in [-0.2, 0) is 4.74 Å². The van der Waals surface area contributed by atoms with Gasteiger partial charge >= 0.3 is 0 Å². The molecule has 1 aliphatic rings. The minimum Gasteiger partial charge on any atom is -0.490 e. The van der Waals surface area contributed by atoms with Crippen molar-refractivity contribution in [1.29, 1.82) is 0 Å². The molecule has 1 N–H and O–H groups in total. The van der Waals surface area contributed by atoms with Crippen molar-refractivity contribution in [2.45, 2.75) is 12.1 Å². The summed E-state index contributed by atoms with van der Waals surface area (Å²) in [5.41, 5.74) is 3.75. The van der Waals surface area contributed by atoms with Gasteiger partial charge < -0.3 is 19.7 Å². The minimum absolute atomic E-state index is 0.192. The number of methoxy groups -OCH3 is 1. The van der Waals surface area contributed by atoms with Crippen LogP contribution in [0.1, 0.15) is 23.5 Å². The molecule has 2 unspecified atom stereocenters. The maximum atomic E-state index is 6.65. The van der Waals surface area contributed by atoms with E-state index in [9.17, 15) is 0 Å². The van der Waals surface area contributed by atoms with E-state index in [2.05, 4.69) is 31.9 Å². The van der Waals surface area contributed by atoms with Crippen LogP contribution in [0.5, 0.6) is 5.75 Å². The van der Waals surface area contributed by atoms with Crippen molar-refractivity contribution >= 4 is 56.2 Å². The molecule has 3 aromatic heterocycles. The highest BCUT2D eigenvalue weighted by atomic mass is 35.5. The average molecular weight is 562 g/mol. The molecule has 2 aromatic carbocycles. The maximum Gasteiger partial charge on any atom is 0.194 e. The van der Waals surface area contributed by atoms with Gasteiger partial charge in [-0.15, -0.1) is 0 Å². The Morgan fingerprint density at radius 3 is 2.71 bits per heavy atom. The van der Waals surface area contributed by atoms with Crippen LogP contribution >= 0.6 is 35.2 Å². The zero-order valence-corrected chi connectivity index (χ0v) is 22.8. The molecular weight excluding hydrogens is 538 g/mol. The van der Waals surface area contributed by atoms with E-state index in [0.717, 1.165) is 32.4 Å². The molecule has 0 saturated carbocycles. The summed E-state index contributed by atoms with van der Waals surface area (Å²) >= 11 is 14.2. The zero-order valence-electron chi connectivity index (χ0n) is 20.5. The Hall–Kier alpha value is -3.50. The average Bonchev–Trinajstić information content (AvgIpc) is 3.66. The Kier molecular flexibility index (Phi) is 6.99. The van der Waals surface area contributed by atoms with E-state index in [1.165, 1.54) is 0 Å². The Morgan fingerprint density at radius 2 is 1.92 bits per heavy atom. The number of aromatic nitrogens is 3. The third kappa shape index (κ3) is 4.63. The van der Waals surface area contributed by atoms with E-state index in [1.54, 1.807) is 24.6 Å². The van der Waals surface area contributed by atoms with Gasteiger partial charge in [-0.05, 0) is 66.8 Å². The summed E-state index contributed by atoms with van der Waals surface area (Å²) in [5, 5.41) is 5.50. The van der Waals surface area contributed by atoms with Gasteiger partial charge in [0.25, 0.3) is 0 Å². The van der Waals surface area contributed by atoms with E-state index in [4.69, 9.17) is 38.3 Å². The van der Waals surface area contributed by atoms with Crippen molar-refractivity contribution in [2.24, 2.45) is 0 Å². The topological polar surface area (TPSA) is 64.4 Å². The van der Waals surface area contributed by atoms with Crippen LogP contribution in [0.4, 0.5) is 5.69 Å². The molecule has 4 heterocycles. The van der Waals surface area contributed by atoms with Gasteiger partial charge in [-0.1, -0.05) is 41.1 Å². The predicted molar refractivity (Wildman–Crippen MR) is 156 cm³/mol. The minimum atomic E-state index is -0.212. The number of nitrogens with zero attached hydrogens (tertiary/aromatic N) is 4. The van der Waals surface area contributed by atoms with Crippen LogP contribution in [0.3, 0.4) is 0 Å². The number of rotatable bonds is 8. The molecule has 1 fully saturated rings. The number of thiazole rings is 1. The van der Waals surface area contributed by atoms with Gasteiger partial charge in [0, 0.05) is 25.2 Å². The first-order valence-electron chi connectivity index (χ1n) is 12.1. The van der Waals surface area contributed by atoms with Gasteiger partial charge in [-0.2, -0.15) is 0 Å². The summed E-state index contributed by atoms with van der Waals surface area (Å²) < 4.78 is 14.1. The molecule has 10 heteroatoms. The fraction of sp³-hybridized carbons (Fsp3) is 0.179. The van der Waals surface area contributed by atoms with Crippen LogP contribution in [0, 0.1) is 0 Å². The number of hydrogen-bond donors (Lipinski definition) is 1. The zero-order chi connectivity index (χ0) is 26.1. The summed E-state index contributed by atoms with van der Waals surface area (Å²) in [5.74, 6) is 0.598. The molecule has 0 radical (unpaired) electrons. The number of ether oxygens (including phenoxy) is 2. The molecule has 5 aromatic rings. The summed E-state index contributed by atoms with van der Waals surface area (Å²) in [4.78, 5) is 11.7. The third-order valence-corrected chi connectivity index (χ3v) is 8.05. The molecular formula is C28H24ClN5O2S2. The van der Waals surface area contributed by atoms with Crippen molar-refractivity contribution in [1.82, 2.24) is 19.9 Å². The largest absolute Gasteiger partial charge is 0.490 e. The standard InChI is InChI=1S/C28H24ClN5O2S2/c1-35-15-16-36-23-12-11-18(17-19(23)29)34-26(25(32-27(34)37)21-8-4-5-13-30-21)22-9-6-14-33(22)28-31-20-7-2-3-10-24(20)38-28/h2-14,17,25-26H,15-16H2,1H3,(H,32,37). The number of nitrogens with one attached hydrogen (secondary N) is 1. The quantitative estimate of drug-likeness (QED) is 0.175. The number of para-hydroxylation sites is 1. The number of benzene rings is 2. The third-order valence-electron chi connectivity index (χ3n) is 6.41. The van der Waals surface area contributed by atoms with Crippen LogP contribution < -0.4 is 15.0 Å². The second-order valence-electron chi connectivity index (χ2n) is 8.72. The van der Waals surface area contributed by atoms with E-state index >= 15 is 0 Å². The SMILES string of the molecule is COCCOc1ccc(N2C(=S)NC(c3ccccn3)C2c2cccn2-c2nc3ccccc3s2)cc1Cl. The fourth-order valence-electron chi connectivity index (χ4n) is 4.70. The van der Waals surface area contributed by atoms with Gasteiger partial charge in [0.15, 0.2) is 10.2 Å². The van der Waals surface area contributed by atoms with Crippen molar-refractivity contribution in [3.8, 4) is 10.9 Å². The van der Waals surface area contributed by atoms with Crippen LogP contribution in [0.2, 0.25) is 5.02 Å². The molecule has 6 rings (SSSR count). The first kappa shape index (κ1) is 24.8. The lowest BCUT2D eigenvalue weighted by Crippen LogP contribution is -2.30. The van der Waals surface area contributed by atoms with Gasteiger partial charge in [-0.3, -0.25) is 9.55 Å². The van der Waals surface area contributed by atoms with E-state index in [1.807, 2.05) is 66.9 Å². The molecule has 192 valence electrons. The molecule has 1 saturated heterocycles. The molecule has 0 aliphatic carbocycles. The molecule has 38 heavy (non-hydrogen) atoms. The van der Waals surface area contributed by atoms with E-state index in [0.29, 0.717) is 29.1 Å². The Bertz CT molecular complexity index is 1560. The van der Waals surface area contributed by atoms with Crippen LogP contribution in [0.15, 0.2) is 85.2 Å². The second kappa shape index (κ2) is 10.7. The second-order valence-corrected chi connectivity index (χ2v) is 10.5. The highest BCUT2D eigenvalue weighted by molar-refractivity contribution is 7.80. The fourth-order valence-corrected chi connectivity index (χ4v) is 6.24. The maximum absolute atomic E-state index is 6.65. The first-order chi connectivity index (χ1) is 18.6. The normalized spacial score (nSPS) is 17.2. The molecule has 0 amide bonds. The van der Waals surface area contributed by atoms with E-state index < -0.39 is 0 Å². The number of halogens is 1. The van der Waals surface area contributed by atoms with Crippen molar-refractivity contribution < 1.29 is 9.47 Å². The Morgan fingerprint density at radius 1 is 1.05 bits per heavy atom. The lowest BCUT2D eigenvalue weighted by atomic mass is 10.0. The van der Waals surface area contributed by atoms with Crippen LogP contribution in [-0.4, -0.2) is 40.0 Å². The number of pyridine rings is 1. The highest BCUT2D eigenvalue weighted by Gasteiger charge is 2.42. The Labute approximate surface area is 234 Å². The van der Waals surface area contributed by atoms with E-state index in [-0.39, 0.29) is 12.1 Å². The molecule has 1 aliphatic heterocycles. The first-order valence-corrected chi connectivity index (χ1v) is 13.7. The summed E-state index contributed by atoms with van der Waals surface area (Å²) in [6.45, 7) is 0.897. The van der Waals surface area contributed by atoms with Gasteiger partial charge in [0.05, 0.1) is 39.3 Å². The van der Waals surface area contributed by atoms with Gasteiger partial charge in [0.2, 0.25) is 0 Å². The number of anilines is 1. The predicted octanol–water partition coefficient (Wildman–Crippen LogP) is 6.34. The number of thiocarbonyl (C=S) groups is 1. The molecule has 2 atom stereocenters. The van der Waals surface area contributed by atoms with Crippen LogP contribution in [0.25, 0.3) is 15.3 Å². The van der Waals surface area contributed by atoms with Crippen molar-refractivity contribution in [2.75, 3.05) is 25.2 Å². The Balaban J connectivity index is 1.44. The van der Waals surface area contributed by atoms with Gasteiger partial charge in [-0.25, -0.2) is 4.98 Å². The summed E-state index contributed by atoms with van der Waals surface area (Å²) in [7, 11) is 1.64. The lowest BCUT2D eigenvalue weighted by molar-refractivity contribution is 0.146.